The Bertz CT molecular complexity index is 780. The lowest BCUT2D eigenvalue weighted by atomic mass is 10.2. The largest absolute Gasteiger partial charge is 0.425 e. The van der Waals surface area contributed by atoms with Gasteiger partial charge >= 0.3 is 5.97 Å². The molecular weight excluding hydrogens is 356 g/mol. The highest BCUT2D eigenvalue weighted by molar-refractivity contribution is 6.33. The second kappa shape index (κ2) is 8.13. The molecule has 24 heavy (non-hydrogen) atoms. The molecule has 0 saturated heterocycles. The summed E-state index contributed by atoms with van der Waals surface area (Å²) in [6, 6.07) is 8.54. The fourth-order valence-corrected chi connectivity index (χ4v) is 2.32. The van der Waals surface area contributed by atoms with Gasteiger partial charge in [-0.05, 0) is 42.8 Å². The molecule has 0 atom stereocenters. The van der Waals surface area contributed by atoms with Gasteiger partial charge in [-0.15, -0.1) is 0 Å². The van der Waals surface area contributed by atoms with Gasteiger partial charge in [0, 0.05) is 6.54 Å². The number of aryl methyl sites for hydroxylation is 1. The van der Waals surface area contributed by atoms with Crippen molar-refractivity contribution >= 4 is 35.1 Å². The Morgan fingerprint density at radius 1 is 1.12 bits per heavy atom. The highest BCUT2D eigenvalue weighted by Gasteiger charge is 2.13. The van der Waals surface area contributed by atoms with Gasteiger partial charge in [-0.1, -0.05) is 29.3 Å². The number of benzene rings is 2. The second-order valence-electron chi connectivity index (χ2n) is 5.04. The molecule has 2 aromatic rings. The zero-order valence-corrected chi connectivity index (χ0v) is 14.2. The summed E-state index contributed by atoms with van der Waals surface area (Å²) in [6.07, 6.45) is -0.0468. The minimum atomic E-state index is -0.534. The van der Waals surface area contributed by atoms with Crippen molar-refractivity contribution in [3.8, 4) is 5.75 Å². The van der Waals surface area contributed by atoms with Gasteiger partial charge in [0.15, 0.2) is 0 Å². The molecule has 0 aliphatic carbocycles. The van der Waals surface area contributed by atoms with Gasteiger partial charge in [0.05, 0.1) is 22.0 Å². The summed E-state index contributed by atoms with van der Waals surface area (Å²) >= 11 is 11.7. The Labute approximate surface area is 148 Å². The smallest absolute Gasteiger partial charge is 0.313 e. The first-order valence-corrected chi connectivity index (χ1v) is 7.82. The fourth-order valence-electron chi connectivity index (χ4n) is 1.91. The first-order valence-electron chi connectivity index (χ1n) is 7.07. The van der Waals surface area contributed by atoms with Crippen molar-refractivity contribution in [2.24, 2.45) is 0 Å². The van der Waals surface area contributed by atoms with E-state index in [0.29, 0.717) is 5.02 Å². The van der Waals surface area contributed by atoms with Gasteiger partial charge < -0.3 is 10.1 Å². The molecule has 1 amide bonds. The van der Waals surface area contributed by atoms with E-state index in [1.54, 1.807) is 18.2 Å². The van der Waals surface area contributed by atoms with Crippen molar-refractivity contribution in [1.82, 2.24) is 5.32 Å². The van der Waals surface area contributed by atoms with Crippen LogP contribution in [0, 0.1) is 12.7 Å². The van der Waals surface area contributed by atoms with Crippen LogP contribution in [0.5, 0.6) is 5.75 Å². The number of nitrogens with one attached hydrogen (secondary N) is 1. The molecule has 0 aromatic heterocycles. The molecule has 2 rings (SSSR count). The minimum Gasteiger partial charge on any atom is -0.425 e. The van der Waals surface area contributed by atoms with Crippen LogP contribution >= 0.6 is 23.2 Å². The van der Waals surface area contributed by atoms with Gasteiger partial charge in [0.25, 0.3) is 5.91 Å². The molecular formula is C17H14Cl2FNO3. The predicted octanol–water partition coefficient (Wildman–Crippen LogP) is 4.17. The molecule has 0 saturated carbocycles. The van der Waals surface area contributed by atoms with Crippen LogP contribution in [-0.2, 0) is 4.79 Å². The van der Waals surface area contributed by atoms with Crippen molar-refractivity contribution in [2.75, 3.05) is 6.54 Å². The maximum atomic E-state index is 12.9. The zero-order chi connectivity index (χ0) is 17.7. The van der Waals surface area contributed by atoms with E-state index >= 15 is 0 Å². The topological polar surface area (TPSA) is 55.4 Å². The molecule has 0 bridgehead atoms. The van der Waals surface area contributed by atoms with Crippen LogP contribution in [-0.4, -0.2) is 18.4 Å². The Balaban J connectivity index is 1.86. The number of ether oxygens (including phenoxy) is 1. The number of hydrogen-bond donors (Lipinski definition) is 1. The van der Waals surface area contributed by atoms with Crippen LogP contribution in [0.15, 0.2) is 36.4 Å². The normalized spacial score (nSPS) is 10.3. The Kier molecular flexibility index (Phi) is 6.17. The van der Waals surface area contributed by atoms with E-state index in [9.17, 15) is 14.0 Å². The average molecular weight is 370 g/mol. The van der Waals surface area contributed by atoms with E-state index in [0.717, 1.165) is 17.7 Å². The maximum absolute atomic E-state index is 12.9. The SMILES string of the molecule is Cc1ccc(Cl)c(OC(=O)CCNC(=O)c2ccc(F)cc2Cl)c1. The van der Waals surface area contributed by atoms with Gasteiger partial charge in [0.2, 0.25) is 0 Å². The molecule has 7 heteroatoms. The molecule has 0 fully saturated rings. The molecule has 1 N–H and O–H groups in total. The van der Waals surface area contributed by atoms with E-state index in [-0.39, 0.29) is 29.3 Å². The van der Waals surface area contributed by atoms with Gasteiger partial charge in [-0.25, -0.2) is 4.39 Å². The van der Waals surface area contributed by atoms with Gasteiger partial charge in [0.1, 0.15) is 11.6 Å². The lowest BCUT2D eigenvalue weighted by Gasteiger charge is -2.08. The van der Waals surface area contributed by atoms with Crippen molar-refractivity contribution in [1.29, 1.82) is 0 Å². The number of carbonyl (C=O) groups is 2. The molecule has 0 radical (unpaired) electrons. The van der Waals surface area contributed by atoms with Gasteiger partial charge in [-0.3, -0.25) is 9.59 Å². The second-order valence-corrected chi connectivity index (χ2v) is 5.85. The van der Waals surface area contributed by atoms with Gasteiger partial charge in [-0.2, -0.15) is 0 Å². The van der Waals surface area contributed by atoms with Crippen LogP contribution in [0.2, 0.25) is 10.0 Å². The first kappa shape index (κ1) is 18.2. The molecule has 4 nitrogen and oxygen atoms in total. The van der Waals surface area contributed by atoms with Crippen LogP contribution in [0.1, 0.15) is 22.3 Å². The zero-order valence-electron chi connectivity index (χ0n) is 12.7. The van der Waals surface area contributed by atoms with Crippen molar-refractivity contribution in [2.45, 2.75) is 13.3 Å². The van der Waals surface area contributed by atoms with E-state index in [4.69, 9.17) is 27.9 Å². The Morgan fingerprint density at radius 2 is 1.88 bits per heavy atom. The van der Waals surface area contributed by atoms with Crippen molar-refractivity contribution < 1.29 is 18.7 Å². The van der Waals surface area contributed by atoms with E-state index in [1.807, 2.05) is 6.92 Å². The first-order chi connectivity index (χ1) is 11.4. The number of rotatable bonds is 5. The number of hydrogen-bond acceptors (Lipinski definition) is 3. The summed E-state index contributed by atoms with van der Waals surface area (Å²) < 4.78 is 18.1. The number of esters is 1. The monoisotopic (exact) mass is 369 g/mol. The summed E-state index contributed by atoms with van der Waals surface area (Å²) in [6.45, 7) is 1.90. The standard InChI is InChI=1S/C17H14Cl2FNO3/c1-10-2-5-13(18)15(8-10)24-16(22)6-7-21-17(23)12-4-3-11(20)9-14(12)19/h2-5,8-9H,6-7H2,1H3,(H,21,23). The molecule has 0 spiro atoms. The predicted molar refractivity (Wildman–Crippen MR) is 90.2 cm³/mol. The van der Waals surface area contributed by atoms with Crippen molar-refractivity contribution in [3.05, 3.63) is 63.4 Å². The third-order valence-electron chi connectivity index (χ3n) is 3.10. The third-order valence-corrected chi connectivity index (χ3v) is 3.73. The molecule has 2 aromatic carbocycles. The number of carbonyl (C=O) groups excluding carboxylic acids is 2. The Morgan fingerprint density at radius 3 is 2.58 bits per heavy atom. The van der Waals surface area contributed by atoms with Crippen molar-refractivity contribution in [3.63, 3.8) is 0 Å². The number of halogens is 3. The summed E-state index contributed by atoms with van der Waals surface area (Å²) in [5.74, 6) is -1.29. The minimum absolute atomic E-state index is 0.00150. The van der Waals surface area contributed by atoms with E-state index < -0.39 is 17.7 Å². The maximum Gasteiger partial charge on any atom is 0.313 e. The number of amides is 1. The summed E-state index contributed by atoms with van der Waals surface area (Å²) in [7, 11) is 0. The highest BCUT2D eigenvalue weighted by Crippen LogP contribution is 2.25. The quantitative estimate of drug-likeness (QED) is 0.635. The summed E-state index contributed by atoms with van der Waals surface area (Å²) in [5.41, 5.74) is 1.04. The molecule has 0 aliphatic heterocycles. The molecule has 0 aliphatic rings. The third kappa shape index (κ3) is 4.94. The van der Waals surface area contributed by atoms with Crippen LogP contribution in [0.3, 0.4) is 0 Å². The molecule has 0 heterocycles. The Hall–Kier alpha value is -2.11. The molecule has 0 unspecified atom stereocenters. The van der Waals surface area contributed by atoms with Crippen LogP contribution in [0.25, 0.3) is 0 Å². The summed E-state index contributed by atoms with van der Waals surface area (Å²) in [4.78, 5) is 23.7. The average Bonchev–Trinajstić information content (AvgIpc) is 2.50. The van der Waals surface area contributed by atoms with E-state index in [1.165, 1.54) is 6.07 Å². The lowest BCUT2D eigenvalue weighted by molar-refractivity contribution is -0.134. The van der Waals surface area contributed by atoms with Crippen LogP contribution < -0.4 is 10.1 Å². The molecule has 126 valence electrons. The fraction of sp³-hybridized carbons (Fsp3) is 0.176. The van der Waals surface area contributed by atoms with Crippen LogP contribution in [0.4, 0.5) is 4.39 Å². The lowest BCUT2D eigenvalue weighted by Crippen LogP contribution is -2.27. The van der Waals surface area contributed by atoms with E-state index in [2.05, 4.69) is 5.32 Å². The summed E-state index contributed by atoms with van der Waals surface area (Å²) in [5, 5.41) is 2.85. The highest BCUT2D eigenvalue weighted by atomic mass is 35.5.